The van der Waals surface area contributed by atoms with Crippen LogP contribution in [0.15, 0.2) is 36.8 Å². The van der Waals surface area contributed by atoms with Gasteiger partial charge in [0.2, 0.25) is 0 Å². The molecule has 0 aliphatic carbocycles. The molecular formula is C16H18BFN4. The topological polar surface area (TPSA) is 42.7 Å². The van der Waals surface area contributed by atoms with Crippen LogP contribution in [0.1, 0.15) is 13.8 Å². The summed E-state index contributed by atoms with van der Waals surface area (Å²) in [4.78, 5) is 4.16. The van der Waals surface area contributed by atoms with E-state index in [0.717, 1.165) is 22.3 Å². The first-order valence-corrected chi connectivity index (χ1v) is 7.21. The van der Waals surface area contributed by atoms with Crippen LogP contribution in [0.2, 0.25) is 0 Å². The maximum Gasteiger partial charge on any atom is 0.136 e. The molecule has 0 amide bonds. The summed E-state index contributed by atoms with van der Waals surface area (Å²) in [6.07, 6.45) is 5.27. The molecule has 0 atom stereocenters. The summed E-state index contributed by atoms with van der Waals surface area (Å²) in [7, 11) is 3.87. The van der Waals surface area contributed by atoms with Crippen LogP contribution in [0.4, 0.5) is 10.2 Å². The third-order valence-electron chi connectivity index (χ3n) is 3.65. The number of nitrogens with one attached hydrogen (secondary N) is 1. The van der Waals surface area contributed by atoms with Crippen LogP contribution in [0.3, 0.4) is 0 Å². The lowest BCUT2D eigenvalue weighted by Gasteiger charge is -2.18. The minimum Gasteiger partial charge on any atom is -0.373 e. The molecule has 0 bridgehead atoms. The van der Waals surface area contributed by atoms with Crippen molar-refractivity contribution in [2.75, 3.05) is 12.4 Å². The van der Waals surface area contributed by atoms with Gasteiger partial charge < -0.3 is 5.32 Å². The van der Waals surface area contributed by atoms with Gasteiger partial charge in [-0.15, -0.1) is 0 Å². The van der Waals surface area contributed by atoms with Gasteiger partial charge in [-0.05, 0) is 43.0 Å². The van der Waals surface area contributed by atoms with Gasteiger partial charge in [0.1, 0.15) is 19.5 Å². The van der Waals surface area contributed by atoms with Gasteiger partial charge in [-0.3, -0.25) is 4.68 Å². The molecule has 0 saturated heterocycles. The third kappa shape index (κ3) is 2.56. The molecule has 4 nitrogen and oxygen atoms in total. The van der Waals surface area contributed by atoms with Crippen molar-refractivity contribution in [3.8, 4) is 11.1 Å². The number of aromatic nitrogens is 3. The minimum absolute atomic E-state index is 0.100. The Morgan fingerprint density at radius 3 is 2.59 bits per heavy atom. The summed E-state index contributed by atoms with van der Waals surface area (Å²) in [5.41, 5.74) is 1.61. The molecule has 112 valence electrons. The van der Waals surface area contributed by atoms with Crippen molar-refractivity contribution in [2.24, 2.45) is 0 Å². The monoisotopic (exact) mass is 296 g/mol. The summed E-state index contributed by atoms with van der Waals surface area (Å²) in [5.74, 6) is 0.445. The number of hydrogen-bond donors (Lipinski definition) is 1. The number of halogens is 1. The van der Waals surface area contributed by atoms with E-state index in [1.807, 2.05) is 23.0 Å². The summed E-state index contributed by atoms with van der Waals surface area (Å²) in [5, 5.41) is 8.69. The highest BCUT2D eigenvalue weighted by Gasteiger charge is 2.15. The molecule has 6 heteroatoms. The van der Waals surface area contributed by atoms with E-state index in [9.17, 15) is 4.39 Å². The molecule has 0 aliphatic heterocycles. The second kappa shape index (κ2) is 5.12. The van der Waals surface area contributed by atoms with Crippen LogP contribution in [0.5, 0.6) is 0 Å². The molecule has 1 N–H and O–H groups in total. The van der Waals surface area contributed by atoms with Crippen molar-refractivity contribution in [1.29, 1.82) is 0 Å². The number of rotatable bonds is 3. The predicted molar refractivity (Wildman–Crippen MR) is 90.3 cm³/mol. The van der Waals surface area contributed by atoms with E-state index >= 15 is 0 Å². The van der Waals surface area contributed by atoms with Crippen LogP contribution in [-0.2, 0) is 5.44 Å². The zero-order valence-corrected chi connectivity index (χ0v) is 13.2. The van der Waals surface area contributed by atoms with Gasteiger partial charge in [-0.2, -0.15) is 5.10 Å². The average molecular weight is 296 g/mol. The van der Waals surface area contributed by atoms with Crippen molar-refractivity contribution in [3.05, 3.63) is 42.6 Å². The second-order valence-electron chi connectivity index (χ2n) is 6.34. The van der Waals surface area contributed by atoms with E-state index in [0.29, 0.717) is 5.39 Å². The molecule has 22 heavy (non-hydrogen) atoms. The van der Waals surface area contributed by atoms with Crippen LogP contribution < -0.4 is 5.32 Å². The molecule has 0 saturated carbocycles. The molecular weight excluding hydrogens is 278 g/mol. The SMILES string of the molecule is BC(C)(C)n1cc(-c2cc(F)c3cnc(NC)cc3c2)cn1. The first-order chi connectivity index (χ1) is 10.4. The van der Waals surface area contributed by atoms with Gasteiger partial charge in [0, 0.05) is 35.8 Å². The lowest BCUT2D eigenvalue weighted by atomic mass is 9.82. The lowest BCUT2D eigenvalue weighted by molar-refractivity contribution is 0.465. The molecule has 1 aromatic carbocycles. The average Bonchev–Trinajstić information content (AvgIpc) is 2.96. The molecule has 0 aliphatic rings. The van der Waals surface area contributed by atoms with Crippen molar-refractivity contribution in [2.45, 2.75) is 19.3 Å². The number of pyridine rings is 1. The van der Waals surface area contributed by atoms with Crippen LogP contribution in [0, 0.1) is 5.82 Å². The lowest BCUT2D eigenvalue weighted by Crippen LogP contribution is -2.26. The summed E-state index contributed by atoms with van der Waals surface area (Å²) in [6, 6.07) is 5.34. The Labute approximate surface area is 129 Å². The zero-order chi connectivity index (χ0) is 15.9. The molecule has 0 spiro atoms. The summed E-state index contributed by atoms with van der Waals surface area (Å²) >= 11 is 0. The zero-order valence-electron chi connectivity index (χ0n) is 13.2. The molecule has 2 heterocycles. The number of benzene rings is 1. The van der Waals surface area contributed by atoms with Crippen LogP contribution in [0.25, 0.3) is 21.9 Å². The van der Waals surface area contributed by atoms with Crippen LogP contribution in [-0.4, -0.2) is 29.7 Å². The van der Waals surface area contributed by atoms with Crippen molar-refractivity contribution >= 4 is 24.4 Å². The van der Waals surface area contributed by atoms with Gasteiger partial charge in [0.15, 0.2) is 0 Å². The normalized spacial score (nSPS) is 11.8. The Morgan fingerprint density at radius 1 is 1.18 bits per heavy atom. The fraction of sp³-hybridized carbons (Fsp3) is 0.250. The van der Waals surface area contributed by atoms with E-state index in [4.69, 9.17) is 0 Å². The predicted octanol–water partition coefficient (Wildman–Crippen LogP) is 2.60. The van der Waals surface area contributed by atoms with Crippen molar-refractivity contribution in [1.82, 2.24) is 14.8 Å². The van der Waals surface area contributed by atoms with E-state index in [1.165, 1.54) is 6.07 Å². The van der Waals surface area contributed by atoms with E-state index in [1.54, 1.807) is 19.4 Å². The van der Waals surface area contributed by atoms with Gasteiger partial charge in [-0.25, -0.2) is 9.37 Å². The fourth-order valence-corrected chi connectivity index (χ4v) is 2.36. The Morgan fingerprint density at radius 2 is 1.95 bits per heavy atom. The molecule has 0 unspecified atom stereocenters. The first-order valence-electron chi connectivity index (χ1n) is 7.21. The van der Waals surface area contributed by atoms with E-state index in [2.05, 4.69) is 37.1 Å². The smallest absolute Gasteiger partial charge is 0.136 e. The standard InChI is InChI=1S/C16H18BFN4/c1-16(2,17)22-9-12(7-21-22)10-4-11-6-15(19-3)20-8-13(11)14(18)5-10/h4-9H,17H2,1-3H3,(H,19,20). The van der Waals surface area contributed by atoms with Gasteiger partial charge >= 0.3 is 0 Å². The largest absolute Gasteiger partial charge is 0.373 e. The first kappa shape index (κ1) is 14.6. The Bertz CT molecular complexity index is 836. The molecule has 2 aromatic heterocycles. The highest BCUT2D eigenvalue weighted by Crippen LogP contribution is 2.28. The van der Waals surface area contributed by atoms with E-state index in [-0.39, 0.29) is 11.3 Å². The summed E-state index contributed by atoms with van der Waals surface area (Å²) < 4.78 is 16.2. The van der Waals surface area contributed by atoms with Crippen molar-refractivity contribution in [3.63, 3.8) is 0 Å². The number of fused-ring (bicyclic) bond motifs is 1. The summed E-state index contributed by atoms with van der Waals surface area (Å²) in [6.45, 7) is 4.16. The number of nitrogens with zero attached hydrogens (tertiary/aromatic N) is 3. The molecule has 3 aromatic rings. The Kier molecular flexibility index (Phi) is 3.39. The highest BCUT2D eigenvalue weighted by molar-refractivity contribution is 6.13. The number of anilines is 1. The highest BCUT2D eigenvalue weighted by atomic mass is 19.1. The van der Waals surface area contributed by atoms with Crippen molar-refractivity contribution < 1.29 is 4.39 Å². The molecule has 0 fully saturated rings. The minimum atomic E-state index is -0.272. The molecule has 3 rings (SSSR count). The van der Waals surface area contributed by atoms with E-state index < -0.39 is 0 Å². The second-order valence-corrected chi connectivity index (χ2v) is 6.34. The fourth-order valence-electron chi connectivity index (χ4n) is 2.36. The Balaban J connectivity index is 2.13. The molecule has 0 radical (unpaired) electrons. The maximum absolute atomic E-state index is 14.3. The maximum atomic E-state index is 14.3. The quantitative estimate of drug-likeness (QED) is 0.755. The van der Waals surface area contributed by atoms with Gasteiger partial charge in [0.05, 0.1) is 6.20 Å². The van der Waals surface area contributed by atoms with Gasteiger partial charge in [-0.1, -0.05) is 0 Å². The van der Waals surface area contributed by atoms with Gasteiger partial charge in [0.25, 0.3) is 0 Å². The van der Waals surface area contributed by atoms with Crippen LogP contribution >= 0.6 is 0 Å². The Hall–Kier alpha value is -2.37. The number of hydrogen-bond acceptors (Lipinski definition) is 3. The third-order valence-corrected chi connectivity index (χ3v) is 3.65.